The molecule has 110 valence electrons. The van der Waals surface area contributed by atoms with Gasteiger partial charge >= 0.3 is 0 Å². The molecule has 0 aliphatic heterocycles. The van der Waals surface area contributed by atoms with Crippen molar-refractivity contribution >= 4 is 6.29 Å². The second kappa shape index (κ2) is 7.42. The number of rotatable bonds is 6. The summed E-state index contributed by atoms with van der Waals surface area (Å²) in [6.45, 7) is 3.44. The van der Waals surface area contributed by atoms with Crippen molar-refractivity contribution in [3.05, 3.63) is 0 Å². The maximum atomic E-state index is 12.1. The van der Waals surface area contributed by atoms with E-state index >= 15 is 0 Å². The Morgan fingerprint density at radius 2 is 1.42 bits per heavy atom. The first-order valence-corrected chi connectivity index (χ1v) is 8.37. The third-order valence-electron chi connectivity index (χ3n) is 5.51. The van der Waals surface area contributed by atoms with Crippen LogP contribution in [0.15, 0.2) is 0 Å². The lowest BCUT2D eigenvalue weighted by molar-refractivity contribution is -0.132. The van der Waals surface area contributed by atoms with Crippen molar-refractivity contribution in [1.82, 2.24) is 0 Å². The molecule has 2 aliphatic rings. The first kappa shape index (κ1) is 15.0. The molecule has 0 saturated heterocycles. The number of hydrogen-bond acceptors (Lipinski definition) is 2. The van der Waals surface area contributed by atoms with Gasteiger partial charge in [0.05, 0.1) is 12.0 Å². The molecule has 0 atom stereocenters. The predicted octanol–water partition coefficient (Wildman–Crippen LogP) is 4.37. The van der Waals surface area contributed by atoms with Crippen LogP contribution in [0, 0.1) is 17.3 Å². The highest BCUT2D eigenvalue weighted by Gasteiger charge is 2.45. The van der Waals surface area contributed by atoms with Gasteiger partial charge in [-0.25, -0.2) is 0 Å². The van der Waals surface area contributed by atoms with Gasteiger partial charge in [0, 0.05) is 6.61 Å². The van der Waals surface area contributed by atoms with E-state index in [0.717, 1.165) is 6.61 Å². The molecule has 2 fully saturated rings. The second-order valence-corrected chi connectivity index (χ2v) is 6.54. The zero-order chi connectivity index (χ0) is 13.6. The van der Waals surface area contributed by atoms with Crippen LogP contribution in [0.5, 0.6) is 0 Å². The Hall–Kier alpha value is -0.370. The Morgan fingerprint density at radius 3 is 1.79 bits per heavy atom. The van der Waals surface area contributed by atoms with Gasteiger partial charge in [0.2, 0.25) is 0 Å². The topological polar surface area (TPSA) is 26.3 Å². The van der Waals surface area contributed by atoms with E-state index in [0.29, 0.717) is 18.4 Å². The molecule has 0 amide bonds. The quantitative estimate of drug-likeness (QED) is 0.667. The van der Waals surface area contributed by atoms with Gasteiger partial charge in [-0.3, -0.25) is 0 Å². The average Bonchev–Trinajstić information content (AvgIpc) is 2.51. The normalized spacial score (nSPS) is 23.4. The Bertz CT molecular complexity index is 244. The van der Waals surface area contributed by atoms with Crippen LogP contribution in [0.1, 0.15) is 71.1 Å². The standard InChI is InChI=1S/C17H30O2/c1-2-19-14-17(13-18,15-9-5-3-6-10-15)16-11-7-4-8-12-16/h13,15-16H,2-12,14H2,1H3. The van der Waals surface area contributed by atoms with Crippen molar-refractivity contribution in [3.8, 4) is 0 Å². The lowest BCUT2D eigenvalue weighted by Gasteiger charge is -2.45. The third kappa shape index (κ3) is 3.39. The summed E-state index contributed by atoms with van der Waals surface area (Å²) in [6.07, 6.45) is 14.2. The van der Waals surface area contributed by atoms with Crippen LogP contribution in [0.25, 0.3) is 0 Å². The van der Waals surface area contributed by atoms with Crippen LogP contribution < -0.4 is 0 Å². The molecule has 19 heavy (non-hydrogen) atoms. The third-order valence-corrected chi connectivity index (χ3v) is 5.51. The van der Waals surface area contributed by atoms with Crippen LogP contribution in [0.2, 0.25) is 0 Å². The summed E-state index contributed by atoms with van der Waals surface area (Å²) >= 11 is 0. The van der Waals surface area contributed by atoms with E-state index in [4.69, 9.17) is 4.74 Å². The molecule has 2 saturated carbocycles. The molecule has 0 aromatic rings. The van der Waals surface area contributed by atoms with Crippen LogP contribution in [0.3, 0.4) is 0 Å². The summed E-state index contributed by atoms with van der Waals surface area (Å²) in [5.74, 6) is 1.15. The fraction of sp³-hybridized carbons (Fsp3) is 0.941. The molecule has 0 aromatic heterocycles. The van der Waals surface area contributed by atoms with E-state index in [1.54, 1.807) is 0 Å². The molecule has 0 N–H and O–H groups in total. The van der Waals surface area contributed by atoms with E-state index in [-0.39, 0.29) is 5.41 Å². The smallest absolute Gasteiger partial charge is 0.129 e. The van der Waals surface area contributed by atoms with Crippen LogP contribution >= 0.6 is 0 Å². The highest BCUT2D eigenvalue weighted by atomic mass is 16.5. The molecule has 0 aromatic carbocycles. The molecule has 2 aliphatic carbocycles. The molecule has 0 spiro atoms. The SMILES string of the molecule is CCOCC(C=O)(C1CCCCC1)C1CCCCC1. The average molecular weight is 266 g/mol. The molecule has 2 heteroatoms. The lowest BCUT2D eigenvalue weighted by Crippen LogP contribution is -2.45. The minimum Gasteiger partial charge on any atom is -0.381 e. The predicted molar refractivity (Wildman–Crippen MR) is 78.1 cm³/mol. The summed E-state index contributed by atoms with van der Waals surface area (Å²) in [6, 6.07) is 0. The fourth-order valence-electron chi connectivity index (χ4n) is 4.35. The second-order valence-electron chi connectivity index (χ2n) is 6.54. The van der Waals surface area contributed by atoms with Gasteiger partial charge in [-0.05, 0) is 44.4 Å². The summed E-state index contributed by atoms with van der Waals surface area (Å²) in [5, 5.41) is 0. The molecule has 0 bridgehead atoms. The van der Waals surface area contributed by atoms with Gasteiger partial charge in [0.15, 0.2) is 0 Å². The van der Waals surface area contributed by atoms with Gasteiger partial charge in [0.1, 0.15) is 6.29 Å². The number of hydrogen-bond donors (Lipinski definition) is 0. The Labute approximate surface area is 118 Å². The Balaban J connectivity index is 2.14. The first-order chi connectivity index (χ1) is 9.33. The number of carbonyl (C=O) groups excluding carboxylic acids is 1. The number of carbonyl (C=O) groups is 1. The lowest BCUT2D eigenvalue weighted by atomic mass is 9.60. The largest absolute Gasteiger partial charge is 0.381 e. The van der Waals surface area contributed by atoms with E-state index in [2.05, 4.69) is 0 Å². The zero-order valence-electron chi connectivity index (χ0n) is 12.5. The fourth-order valence-corrected chi connectivity index (χ4v) is 4.35. The van der Waals surface area contributed by atoms with Crippen molar-refractivity contribution < 1.29 is 9.53 Å². The van der Waals surface area contributed by atoms with E-state index in [1.165, 1.54) is 70.5 Å². The van der Waals surface area contributed by atoms with Gasteiger partial charge in [0.25, 0.3) is 0 Å². The molecular formula is C17H30O2. The van der Waals surface area contributed by atoms with Crippen molar-refractivity contribution in [2.45, 2.75) is 71.1 Å². The summed E-state index contributed by atoms with van der Waals surface area (Å²) in [5.41, 5.74) is -0.170. The highest BCUT2D eigenvalue weighted by molar-refractivity contribution is 5.61. The zero-order valence-corrected chi connectivity index (χ0v) is 12.5. The van der Waals surface area contributed by atoms with Gasteiger partial charge in [-0.15, -0.1) is 0 Å². The number of ether oxygens (including phenoxy) is 1. The summed E-state index contributed by atoms with van der Waals surface area (Å²) in [4.78, 5) is 12.1. The first-order valence-electron chi connectivity index (χ1n) is 8.37. The van der Waals surface area contributed by atoms with Crippen molar-refractivity contribution in [2.75, 3.05) is 13.2 Å². The van der Waals surface area contributed by atoms with Crippen molar-refractivity contribution in [2.24, 2.45) is 17.3 Å². The minimum absolute atomic E-state index is 0.170. The molecule has 0 unspecified atom stereocenters. The van der Waals surface area contributed by atoms with Gasteiger partial charge in [-0.2, -0.15) is 0 Å². The molecule has 2 nitrogen and oxygen atoms in total. The highest BCUT2D eigenvalue weighted by Crippen LogP contribution is 2.47. The van der Waals surface area contributed by atoms with Crippen LogP contribution in [0.4, 0.5) is 0 Å². The Kier molecular flexibility index (Phi) is 5.87. The van der Waals surface area contributed by atoms with Gasteiger partial charge < -0.3 is 9.53 Å². The molecule has 2 rings (SSSR count). The maximum Gasteiger partial charge on any atom is 0.129 e. The molecular weight excluding hydrogens is 236 g/mol. The molecule has 0 radical (unpaired) electrons. The van der Waals surface area contributed by atoms with E-state index in [9.17, 15) is 4.79 Å². The van der Waals surface area contributed by atoms with Crippen molar-refractivity contribution in [1.29, 1.82) is 0 Å². The van der Waals surface area contributed by atoms with Crippen LogP contribution in [-0.2, 0) is 9.53 Å². The van der Waals surface area contributed by atoms with E-state index < -0.39 is 0 Å². The number of aldehydes is 1. The minimum atomic E-state index is -0.170. The Morgan fingerprint density at radius 1 is 0.947 bits per heavy atom. The molecule has 0 heterocycles. The van der Waals surface area contributed by atoms with E-state index in [1.807, 2.05) is 6.92 Å². The maximum absolute atomic E-state index is 12.1. The summed E-state index contributed by atoms with van der Waals surface area (Å²) < 4.78 is 5.77. The monoisotopic (exact) mass is 266 g/mol. The van der Waals surface area contributed by atoms with Gasteiger partial charge in [-0.1, -0.05) is 38.5 Å². The van der Waals surface area contributed by atoms with Crippen molar-refractivity contribution in [3.63, 3.8) is 0 Å². The van der Waals surface area contributed by atoms with Crippen LogP contribution in [-0.4, -0.2) is 19.5 Å². The summed E-state index contributed by atoms with van der Waals surface area (Å²) in [7, 11) is 0.